The van der Waals surface area contributed by atoms with Gasteiger partial charge in [0.15, 0.2) is 0 Å². The highest BCUT2D eigenvalue weighted by Crippen LogP contribution is 2.26. The number of nitrogens with one attached hydrogen (secondary N) is 1. The molecule has 21 heavy (non-hydrogen) atoms. The molecule has 0 aliphatic carbocycles. The third-order valence-corrected chi connectivity index (χ3v) is 3.57. The summed E-state index contributed by atoms with van der Waals surface area (Å²) in [6.07, 6.45) is 8.28. The van der Waals surface area contributed by atoms with Crippen LogP contribution in [0.2, 0.25) is 0 Å². The van der Waals surface area contributed by atoms with Crippen LogP contribution >= 0.6 is 0 Å². The maximum absolute atomic E-state index is 4.14. The van der Waals surface area contributed by atoms with E-state index in [0.717, 1.165) is 33.3 Å². The average molecular weight is 270 g/mol. The molecule has 0 fully saturated rings. The van der Waals surface area contributed by atoms with E-state index in [1.54, 1.807) is 6.20 Å². The van der Waals surface area contributed by atoms with Gasteiger partial charge in [0.05, 0.1) is 6.20 Å². The van der Waals surface area contributed by atoms with Crippen LogP contribution in [-0.2, 0) is 0 Å². The SMILES string of the molecule is [c]1ccc(-c2ccc(-c3cc4cnccc4[nH]3)cc2)cn1. The lowest BCUT2D eigenvalue weighted by atomic mass is 10.0. The zero-order chi connectivity index (χ0) is 14.1. The monoisotopic (exact) mass is 270 g/mol. The highest BCUT2D eigenvalue weighted by molar-refractivity contribution is 5.85. The lowest BCUT2D eigenvalue weighted by Crippen LogP contribution is -1.81. The Morgan fingerprint density at radius 1 is 0.857 bits per heavy atom. The molecule has 1 N–H and O–H groups in total. The van der Waals surface area contributed by atoms with Crippen molar-refractivity contribution in [3.63, 3.8) is 0 Å². The summed E-state index contributed by atoms with van der Waals surface area (Å²) in [5.74, 6) is 0. The molecule has 3 aromatic heterocycles. The molecule has 0 bridgehead atoms. The Hall–Kier alpha value is -2.94. The zero-order valence-corrected chi connectivity index (χ0v) is 11.2. The van der Waals surface area contributed by atoms with Crippen LogP contribution in [0.4, 0.5) is 0 Å². The molecule has 3 heterocycles. The number of H-pyrrole nitrogens is 1. The van der Waals surface area contributed by atoms with Gasteiger partial charge < -0.3 is 4.98 Å². The van der Waals surface area contributed by atoms with Crippen LogP contribution in [0.3, 0.4) is 0 Å². The number of fused-ring (bicyclic) bond motifs is 1. The van der Waals surface area contributed by atoms with Crippen LogP contribution in [0, 0.1) is 6.20 Å². The van der Waals surface area contributed by atoms with E-state index < -0.39 is 0 Å². The quantitative estimate of drug-likeness (QED) is 0.596. The smallest absolute Gasteiger partial charge is 0.0886 e. The Balaban J connectivity index is 1.73. The normalized spacial score (nSPS) is 10.9. The molecule has 3 nitrogen and oxygen atoms in total. The van der Waals surface area contributed by atoms with Crippen LogP contribution in [0.25, 0.3) is 33.3 Å². The minimum absolute atomic E-state index is 1.10. The van der Waals surface area contributed by atoms with E-state index in [4.69, 9.17) is 0 Å². The number of hydrogen-bond donors (Lipinski definition) is 1. The van der Waals surface area contributed by atoms with Crippen molar-refractivity contribution in [2.45, 2.75) is 0 Å². The van der Waals surface area contributed by atoms with Gasteiger partial charge in [0.1, 0.15) is 0 Å². The Morgan fingerprint density at radius 2 is 1.71 bits per heavy atom. The van der Waals surface area contributed by atoms with E-state index in [9.17, 15) is 0 Å². The van der Waals surface area contributed by atoms with Crippen molar-refractivity contribution in [3.05, 3.63) is 73.3 Å². The van der Waals surface area contributed by atoms with Crippen molar-refractivity contribution in [1.82, 2.24) is 15.0 Å². The van der Waals surface area contributed by atoms with Crippen LogP contribution in [-0.4, -0.2) is 15.0 Å². The first-order chi connectivity index (χ1) is 10.4. The molecule has 1 aromatic carbocycles. The van der Waals surface area contributed by atoms with Gasteiger partial charge in [-0.2, -0.15) is 0 Å². The number of hydrogen-bond acceptors (Lipinski definition) is 2. The standard InChI is InChI=1S/C18H12N3/c1-2-15(11-19-8-1)13-3-5-14(6-4-13)18-10-16-12-20-9-7-17(16)21-18/h1-7,9-12,21H. The molecule has 99 valence electrons. The predicted octanol–water partition coefficient (Wildman–Crippen LogP) is 4.09. The van der Waals surface area contributed by atoms with E-state index in [1.165, 1.54) is 0 Å². The Bertz CT molecular complexity index is 844. The lowest BCUT2D eigenvalue weighted by molar-refractivity contribution is 1.31. The second-order valence-electron chi connectivity index (χ2n) is 4.90. The van der Waals surface area contributed by atoms with Crippen LogP contribution < -0.4 is 0 Å². The van der Waals surface area contributed by atoms with Gasteiger partial charge in [-0.1, -0.05) is 30.3 Å². The third-order valence-electron chi connectivity index (χ3n) is 3.57. The first-order valence-electron chi connectivity index (χ1n) is 6.76. The second kappa shape index (κ2) is 4.87. The summed E-state index contributed by atoms with van der Waals surface area (Å²) in [5, 5.41) is 1.12. The summed E-state index contributed by atoms with van der Waals surface area (Å²) in [7, 11) is 0. The van der Waals surface area contributed by atoms with Gasteiger partial charge in [-0.25, -0.2) is 0 Å². The molecule has 0 saturated heterocycles. The number of aromatic nitrogens is 3. The van der Waals surface area contributed by atoms with Gasteiger partial charge in [0.2, 0.25) is 0 Å². The summed E-state index contributed by atoms with van der Waals surface area (Å²) in [4.78, 5) is 11.6. The summed E-state index contributed by atoms with van der Waals surface area (Å²) in [5.41, 5.74) is 5.61. The minimum Gasteiger partial charge on any atom is -0.354 e. The summed E-state index contributed by atoms with van der Waals surface area (Å²) < 4.78 is 0. The minimum atomic E-state index is 1.10. The molecule has 0 aliphatic heterocycles. The number of pyridine rings is 2. The fourth-order valence-electron chi connectivity index (χ4n) is 2.46. The van der Waals surface area contributed by atoms with Gasteiger partial charge >= 0.3 is 0 Å². The summed E-state index contributed by atoms with van der Waals surface area (Å²) in [6, 6.07) is 16.4. The number of benzene rings is 1. The van der Waals surface area contributed by atoms with E-state index in [1.807, 2.05) is 30.6 Å². The molecular weight excluding hydrogens is 258 g/mol. The van der Waals surface area contributed by atoms with Crippen molar-refractivity contribution in [2.24, 2.45) is 0 Å². The van der Waals surface area contributed by atoms with Crippen LogP contribution in [0.1, 0.15) is 0 Å². The predicted molar refractivity (Wildman–Crippen MR) is 83.6 cm³/mol. The highest BCUT2D eigenvalue weighted by Gasteiger charge is 2.04. The highest BCUT2D eigenvalue weighted by atomic mass is 14.7. The van der Waals surface area contributed by atoms with Crippen molar-refractivity contribution in [1.29, 1.82) is 0 Å². The Kier molecular flexibility index (Phi) is 2.75. The summed E-state index contributed by atoms with van der Waals surface area (Å²) in [6.45, 7) is 0. The molecule has 0 aliphatic rings. The molecule has 3 heteroatoms. The van der Waals surface area contributed by atoms with Crippen molar-refractivity contribution in [3.8, 4) is 22.4 Å². The zero-order valence-electron chi connectivity index (χ0n) is 11.2. The molecule has 0 unspecified atom stereocenters. The molecule has 0 spiro atoms. The van der Waals surface area contributed by atoms with E-state index in [-0.39, 0.29) is 0 Å². The van der Waals surface area contributed by atoms with Gasteiger partial charge in [-0.05, 0) is 29.3 Å². The topological polar surface area (TPSA) is 41.6 Å². The van der Waals surface area contributed by atoms with Gasteiger partial charge in [-0.15, -0.1) is 0 Å². The molecule has 4 rings (SSSR count). The maximum atomic E-state index is 4.14. The number of rotatable bonds is 2. The molecule has 0 amide bonds. The van der Waals surface area contributed by atoms with Gasteiger partial charge in [0.25, 0.3) is 0 Å². The van der Waals surface area contributed by atoms with E-state index >= 15 is 0 Å². The Morgan fingerprint density at radius 3 is 2.48 bits per heavy atom. The molecule has 1 radical (unpaired) electrons. The van der Waals surface area contributed by atoms with Crippen LogP contribution in [0.15, 0.2) is 67.1 Å². The van der Waals surface area contributed by atoms with Crippen molar-refractivity contribution < 1.29 is 0 Å². The van der Waals surface area contributed by atoms with Crippen molar-refractivity contribution in [2.75, 3.05) is 0 Å². The van der Waals surface area contributed by atoms with E-state index in [0.29, 0.717) is 0 Å². The summed E-state index contributed by atoms with van der Waals surface area (Å²) >= 11 is 0. The lowest BCUT2D eigenvalue weighted by Gasteiger charge is -2.02. The number of aromatic amines is 1. The molecule has 0 saturated carbocycles. The second-order valence-corrected chi connectivity index (χ2v) is 4.90. The largest absolute Gasteiger partial charge is 0.354 e. The molecular formula is C18H12N3. The molecule has 4 aromatic rings. The molecule has 0 atom stereocenters. The van der Waals surface area contributed by atoms with Crippen molar-refractivity contribution >= 4 is 10.9 Å². The van der Waals surface area contributed by atoms with Gasteiger partial charge in [-0.3, -0.25) is 9.97 Å². The first-order valence-corrected chi connectivity index (χ1v) is 6.76. The van der Waals surface area contributed by atoms with E-state index in [2.05, 4.69) is 51.5 Å². The average Bonchev–Trinajstić information content (AvgIpc) is 3.00. The first kappa shape index (κ1) is 11.9. The fourth-order valence-corrected chi connectivity index (χ4v) is 2.46. The van der Waals surface area contributed by atoms with Crippen LogP contribution in [0.5, 0.6) is 0 Å². The third kappa shape index (κ3) is 2.19. The van der Waals surface area contributed by atoms with Gasteiger partial charge in [0, 0.05) is 40.8 Å². The Labute approximate surface area is 122 Å². The fraction of sp³-hybridized carbons (Fsp3) is 0. The number of nitrogens with zero attached hydrogens (tertiary/aromatic N) is 2. The maximum Gasteiger partial charge on any atom is 0.0886 e.